The summed E-state index contributed by atoms with van der Waals surface area (Å²) in [5.41, 5.74) is 0.806. The van der Waals surface area contributed by atoms with Gasteiger partial charge in [-0.2, -0.15) is 5.21 Å². The second kappa shape index (κ2) is 4.14. The zero-order chi connectivity index (χ0) is 12.6. The van der Waals surface area contributed by atoms with Crippen LogP contribution in [0.4, 0.5) is 0 Å². The van der Waals surface area contributed by atoms with Crippen molar-refractivity contribution in [3.8, 4) is 0 Å². The van der Waals surface area contributed by atoms with E-state index in [0.29, 0.717) is 17.3 Å². The first-order chi connectivity index (χ1) is 8.67. The van der Waals surface area contributed by atoms with Crippen molar-refractivity contribution in [2.24, 2.45) is 0 Å². The standard InChI is InChI=1S/C10H11N5O2S/c16-18(17)6-8(7-3-1-2-4-9(7)18)11-5-10-12-14-15-13-10/h1-4,8,11H,5-6H2,(H,12,13,14,15). The number of aromatic nitrogens is 4. The molecule has 0 saturated carbocycles. The lowest BCUT2D eigenvalue weighted by Gasteiger charge is -2.10. The van der Waals surface area contributed by atoms with Gasteiger partial charge in [-0.3, -0.25) is 0 Å². The zero-order valence-electron chi connectivity index (χ0n) is 9.37. The molecule has 1 aromatic carbocycles. The lowest BCUT2D eigenvalue weighted by molar-refractivity contribution is 0.555. The molecular weight excluding hydrogens is 254 g/mol. The van der Waals surface area contributed by atoms with Crippen LogP contribution >= 0.6 is 0 Å². The van der Waals surface area contributed by atoms with Gasteiger partial charge in [-0.05, 0) is 11.6 Å². The molecule has 0 spiro atoms. The van der Waals surface area contributed by atoms with Crippen molar-refractivity contribution >= 4 is 9.84 Å². The van der Waals surface area contributed by atoms with Crippen molar-refractivity contribution in [3.63, 3.8) is 0 Å². The first kappa shape index (κ1) is 11.3. The SMILES string of the molecule is O=S1(=O)CC(NCc2nn[nH]n2)c2ccccc21. The molecule has 0 saturated heterocycles. The highest BCUT2D eigenvalue weighted by Gasteiger charge is 2.33. The van der Waals surface area contributed by atoms with Gasteiger partial charge < -0.3 is 5.32 Å². The fourth-order valence-corrected chi connectivity index (χ4v) is 3.86. The highest BCUT2D eigenvalue weighted by atomic mass is 32.2. The van der Waals surface area contributed by atoms with E-state index in [0.717, 1.165) is 5.56 Å². The topological polar surface area (TPSA) is 101 Å². The Balaban J connectivity index is 1.83. The third-order valence-electron chi connectivity index (χ3n) is 2.91. The molecule has 1 aliphatic heterocycles. The Morgan fingerprint density at radius 3 is 3.00 bits per heavy atom. The van der Waals surface area contributed by atoms with Crippen LogP contribution in [0.1, 0.15) is 17.4 Å². The summed E-state index contributed by atoms with van der Waals surface area (Å²) in [6.45, 7) is 0.380. The average molecular weight is 265 g/mol. The quantitative estimate of drug-likeness (QED) is 0.798. The highest BCUT2D eigenvalue weighted by Crippen LogP contribution is 2.32. The molecule has 2 heterocycles. The van der Waals surface area contributed by atoms with E-state index in [1.807, 2.05) is 12.1 Å². The number of nitrogens with one attached hydrogen (secondary N) is 2. The summed E-state index contributed by atoms with van der Waals surface area (Å²) < 4.78 is 23.9. The van der Waals surface area contributed by atoms with Crippen molar-refractivity contribution in [3.05, 3.63) is 35.7 Å². The van der Waals surface area contributed by atoms with Gasteiger partial charge in [0.15, 0.2) is 15.7 Å². The Labute approximate surface area is 104 Å². The summed E-state index contributed by atoms with van der Waals surface area (Å²) in [5.74, 6) is 0.585. The molecule has 7 nitrogen and oxygen atoms in total. The van der Waals surface area contributed by atoms with E-state index in [4.69, 9.17) is 0 Å². The molecule has 2 aromatic rings. The predicted octanol–water partition coefficient (Wildman–Crippen LogP) is -0.182. The van der Waals surface area contributed by atoms with Crippen LogP contribution in [-0.2, 0) is 16.4 Å². The molecule has 2 N–H and O–H groups in total. The Morgan fingerprint density at radius 1 is 1.39 bits per heavy atom. The number of rotatable bonds is 3. The molecule has 1 aliphatic rings. The number of sulfone groups is 1. The monoisotopic (exact) mass is 265 g/mol. The molecule has 0 radical (unpaired) electrons. The number of tetrazole rings is 1. The van der Waals surface area contributed by atoms with E-state index in [2.05, 4.69) is 25.9 Å². The van der Waals surface area contributed by atoms with E-state index in [1.165, 1.54) is 0 Å². The Kier molecular flexibility index (Phi) is 2.60. The van der Waals surface area contributed by atoms with E-state index in [9.17, 15) is 8.42 Å². The van der Waals surface area contributed by atoms with E-state index in [1.54, 1.807) is 12.1 Å². The Bertz CT molecular complexity index is 653. The molecule has 8 heteroatoms. The molecule has 18 heavy (non-hydrogen) atoms. The van der Waals surface area contributed by atoms with E-state index >= 15 is 0 Å². The van der Waals surface area contributed by atoms with Crippen molar-refractivity contribution < 1.29 is 8.42 Å². The van der Waals surface area contributed by atoms with Crippen molar-refractivity contribution in [2.75, 3.05) is 5.75 Å². The number of aromatic amines is 1. The van der Waals surface area contributed by atoms with Gasteiger partial charge >= 0.3 is 0 Å². The van der Waals surface area contributed by atoms with Crippen molar-refractivity contribution in [1.29, 1.82) is 0 Å². The lowest BCUT2D eigenvalue weighted by Crippen LogP contribution is -2.23. The summed E-state index contributed by atoms with van der Waals surface area (Å²) in [6, 6.07) is 6.82. The number of benzene rings is 1. The fourth-order valence-electron chi connectivity index (χ4n) is 2.09. The lowest BCUT2D eigenvalue weighted by atomic mass is 10.1. The minimum Gasteiger partial charge on any atom is -0.302 e. The highest BCUT2D eigenvalue weighted by molar-refractivity contribution is 7.91. The number of hydrogen-bond donors (Lipinski definition) is 2. The molecule has 1 aromatic heterocycles. The first-order valence-electron chi connectivity index (χ1n) is 5.44. The van der Waals surface area contributed by atoms with Gasteiger partial charge in [-0.15, -0.1) is 10.2 Å². The van der Waals surface area contributed by atoms with Crippen LogP contribution in [0.2, 0.25) is 0 Å². The molecule has 0 aliphatic carbocycles. The summed E-state index contributed by atoms with van der Waals surface area (Å²) in [6.07, 6.45) is 0. The maximum absolute atomic E-state index is 11.9. The van der Waals surface area contributed by atoms with Gasteiger partial charge in [-0.1, -0.05) is 23.4 Å². The van der Waals surface area contributed by atoms with E-state index < -0.39 is 9.84 Å². The zero-order valence-corrected chi connectivity index (χ0v) is 10.2. The van der Waals surface area contributed by atoms with Crippen LogP contribution in [-0.4, -0.2) is 34.8 Å². The third-order valence-corrected chi connectivity index (χ3v) is 4.73. The molecule has 94 valence electrons. The minimum absolute atomic E-state index is 0.0736. The molecule has 0 amide bonds. The van der Waals surface area contributed by atoms with Crippen LogP contribution in [0.15, 0.2) is 29.2 Å². The minimum atomic E-state index is -3.17. The largest absolute Gasteiger partial charge is 0.302 e. The number of hydrogen-bond acceptors (Lipinski definition) is 6. The van der Waals surface area contributed by atoms with Crippen LogP contribution < -0.4 is 5.32 Å². The Morgan fingerprint density at radius 2 is 2.22 bits per heavy atom. The molecule has 0 bridgehead atoms. The molecular formula is C10H11N5O2S. The smallest absolute Gasteiger partial charge is 0.188 e. The van der Waals surface area contributed by atoms with Gasteiger partial charge in [0.2, 0.25) is 0 Å². The van der Waals surface area contributed by atoms with Gasteiger partial charge in [-0.25, -0.2) is 8.42 Å². The van der Waals surface area contributed by atoms with E-state index in [-0.39, 0.29) is 11.8 Å². The van der Waals surface area contributed by atoms with Gasteiger partial charge in [0.05, 0.1) is 17.2 Å². The summed E-state index contributed by atoms with van der Waals surface area (Å²) >= 11 is 0. The molecule has 1 atom stereocenters. The fraction of sp³-hybridized carbons (Fsp3) is 0.300. The van der Waals surface area contributed by atoms with Crippen LogP contribution in [0.5, 0.6) is 0 Å². The second-order valence-electron chi connectivity index (χ2n) is 4.08. The average Bonchev–Trinajstić information content (AvgIpc) is 2.95. The van der Waals surface area contributed by atoms with Gasteiger partial charge in [0.1, 0.15) is 0 Å². The molecule has 3 rings (SSSR count). The molecule has 0 fully saturated rings. The second-order valence-corrected chi connectivity index (χ2v) is 6.08. The number of fused-ring (bicyclic) bond motifs is 1. The first-order valence-corrected chi connectivity index (χ1v) is 7.09. The molecule has 1 unspecified atom stereocenters. The van der Waals surface area contributed by atoms with Crippen LogP contribution in [0.3, 0.4) is 0 Å². The Hall–Kier alpha value is -1.80. The third kappa shape index (κ3) is 1.89. The maximum Gasteiger partial charge on any atom is 0.188 e. The van der Waals surface area contributed by atoms with Gasteiger partial charge in [0, 0.05) is 6.04 Å². The summed E-state index contributed by atoms with van der Waals surface area (Å²) in [5, 5.41) is 16.6. The van der Waals surface area contributed by atoms with Crippen molar-refractivity contribution in [1.82, 2.24) is 25.9 Å². The number of H-pyrrole nitrogens is 1. The summed E-state index contributed by atoms with van der Waals surface area (Å²) in [7, 11) is -3.17. The maximum atomic E-state index is 11.9. The predicted molar refractivity (Wildman–Crippen MR) is 62.3 cm³/mol. The summed E-state index contributed by atoms with van der Waals surface area (Å²) in [4.78, 5) is 0.413. The number of nitrogens with zero attached hydrogens (tertiary/aromatic N) is 3. The normalized spacial score (nSPS) is 20.8. The van der Waals surface area contributed by atoms with Crippen molar-refractivity contribution in [2.45, 2.75) is 17.5 Å². The van der Waals surface area contributed by atoms with Crippen LogP contribution in [0.25, 0.3) is 0 Å². The van der Waals surface area contributed by atoms with Crippen LogP contribution in [0, 0.1) is 0 Å². The van der Waals surface area contributed by atoms with Gasteiger partial charge in [0.25, 0.3) is 0 Å².